The molecule has 3 rings (SSSR count). The van der Waals surface area contributed by atoms with E-state index >= 15 is 0 Å². The average Bonchev–Trinajstić information content (AvgIpc) is 3.15. The molecule has 0 radical (unpaired) electrons. The minimum Gasteiger partial charge on any atom is -0.329 e. The van der Waals surface area contributed by atoms with E-state index in [9.17, 15) is 4.79 Å². The largest absolute Gasteiger partial charge is 0.329 e. The van der Waals surface area contributed by atoms with Gasteiger partial charge in [-0.3, -0.25) is 10.00 Å². The molecule has 0 spiro atoms. The molecule has 0 saturated heterocycles. The van der Waals surface area contributed by atoms with Gasteiger partial charge in [0, 0.05) is 24.1 Å². The summed E-state index contributed by atoms with van der Waals surface area (Å²) >= 11 is 1.54. The van der Waals surface area contributed by atoms with E-state index in [1.54, 1.807) is 11.7 Å². The minimum absolute atomic E-state index is 0.179. The van der Waals surface area contributed by atoms with Gasteiger partial charge in [0.1, 0.15) is 10.8 Å². The molecule has 1 atom stereocenters. The van der Waals surface area contributed by atoms with E-state index in [-0.39, 0.29) is 12.1 Å². The number of carbonyl (C=O) groups is 1. The lowest BCUT2D eigenvalue weighted by atomic mass is 10.2. The molecule has 0 fully saturated rings. The third kappa shape index (κ3) is 3.62. The number of hydrogen-bond acceptors (Lipinski definition) is 4. The monoisotopic (exact) mass is 341 g/mol. The maximum Gasteiger partial charge on any atom is 0.320 e. The molecule has 0 aliphatic heterocycles. The molecule has 0 aliphatic carbocycles. The van der Waals surface area contributed by atoms with Gasteiger partial charge in [0.2, 0.25) is 0 Å². The van der Waals surface area contributed by atoms with Crippen LogP contribution in [0.5, 0.6) is 0 Å². The van der Waals surface area contributed by atoms with Crippen molar-refractivity contribution in [2.24, 2.45) is 7.05 Å². The van der Waals surface area contributed by atoms with Crippen molar-refractivity contribution in [3.63, 3.8) is 0 Å². The van der Waals surface area contributed by atoms with Crippen LogP contribution in [0.3, 0.4) is 0 Å². The lowest BCUT2D eigenvalue weighted by Gasteiger charge is -2.12. The van der Waals surface area contributed by atoms with Crippen molar-refractivity contribution in [2.45, 2.75) is 19.9 Å². The van der Waals surface area contributed by atoms with Crippen molar-refractivity contribution in [1.29, 1.82) is 0 Å². The first kappa shape index (κ1) is 16.2. The molecule has 0 bridgehead atoms. The number of nitrogens with zero attached hydrogens (tertiary/aromatic N) is 3. The number of urea groups is 1. The smallest absolute Gasteiger partial charge is 0.320 e. The highest BCUT2D eigenvalue weighted by Gasteiger charge is 2.15. The summed E-state index contributed by atoms with van der Waals surface area (Å²) in [6.45, 7) is 3.80. The molecule has 2 heterocycles. The topological polar surface area (TPSA) is 71.8 Å². The van der Waals surface area contributed by atoms with E-state index in [2.05, 4.69) is 20.7 Å². The Morgan fingerprint density at radius 1 is 1.29 bits per heavy atom. The summed E-state index contributed by atoms with van der Waals surface area (Å²) in [4.78, 5) is 16.8. The van der Waals surface area contributed by atoms with Gasteiger partial charge in [0.25, 0.3) is 0 Å². The Bertz CT molecular complexity index is 840. The molecule has 2 amide bonds. The second-order valence-electron chi connectivity index (χ2n) is 5.55. The van der Waals surface area contributed by atoms with E-state index in [0.717, 1.165) is 22.0 Å². The molecule has 0 saturated carbocycles. The van der Waals surface area contributed by atoms with E-state index in [0.29, 0.717) is 5.82 Å². The predicted molar refractivity (Wildman–Crippen MR) is 96.1 cm³/mol. The Morgan fingerprint density at radius 3 is 2.71 bits per heavy atom. The first-order valence-corrected chi connectivity index (χ1v) is 8.50. The summed E-state index contributed by atoms with van der Waals surface area (Å²) in [5.41, 5.74) is 2.85. The Morgan fingerprint density at radius 2 is 2.04 bits per heavy atom. The van der Waals surface area contributed by atoms with Crippen molar-refractivity contribution in [2.75, 3.05) is 5.32 Å². The highest BCUT2D eigenvalue weighted by Crippen LogP contribution is 2.25. The summed E-state index contributed by atoms with van der Waals surface area (Å²) in [7, 11) is 1.79. The van der Waals surface area contributed by atoms with Gasteiger partial charge in [-0.2, -0.15) is 5.10 Å². The number of benzene rings is 1. The summed E-state index contributed by atoms with van der Waals surface area (Å²) in [6.07, 6.45) is 0. The zero-order valence-corrected chi connectivity index (χ0v) is 14.6. The van der Waals surface area contributed by atoms with E-state index in [4.69, 9.17) is 0 Å². The molecule has 0 aliphatic rings. The van der Waals surface area contributed by atoms with E-state index < -0.39 is 0 Å². The SMILES string of the molecule is Cc1cc(NC(=O)N[C@@H](C)c2nc(-c3ccccc3)cs2)n(C)n1. The first-order chi connectivity index (χ1) is 11.5. The zero-order valence-electron chi connectivity index (χ0n) is 13.8. The van der Waals surface area contributed by atoms with Gasteiger partial charge < -0.3 is 5.32 Å². The number of rotatable bonds is 4. The zero-order chi connectivity index (χ0) is 17.1. The standard InChI is InChI=1S/C17H19N5OS/c1-11-9-15(22(3)21-11)20-17(23)18-12(2)16-19-14(10-24-16)13-7-5-4-6-8-13/h4-10,12H,1-3H3,(H2,18,20,23)/t12-/m0/s1. The van der Waals surface area contributed by atoms with Crippen LogP contribution in [-0.4, -0.2) is 20.8 Å². The number of nitrogens with one attached hydrogen (secondary N) is 2. The summed E-state index contributed by atoms with van der Waals surface area (Å²) in [6, 6.07) is 11.4. The Kier molecular flexibility index (Phi) is 4.61. The molecular formula is C17H19N5OS. The Labute approximate surface area is 144 Å². The predicted octanol–water partition coefficient (Wildman–Crippen LogP) is 3.73. The Hall–Kier alpha value is -2.67. The van der Waals surface area contributed by atoms with Gasteiger partial charge >= 0.3 is 6.03 Å². The second-order valence-corrected chi connectivity index (χ2v) is 6.44. The molecule has 2 aromatic heterocycles. The molecule has 24 heavy (non-hydrogen) atoms. The molecule has 7 heteroatoms. The van der Waals surface area contributed by atoms with Gasteiger partial charge in [0.05, 0.1) is 17.4 Å². The quantitative estimate of drug-likeness (QED) is 0.759. The first-order valence-electron chi connectivity index (χ1n) is 7.62. The molecule has 6 nitrogen and oxygen atoms in total. The summed E-state index contributed by atoms with van der Waals surface area (Å²) < 4.78 is 1.64. The van der Waals surface area contributed by atoms with Crippen LogP contribution in [0.15, 0.2) is 41.8 Å². The van der Waals surface area contributed by atoms with Crippen LogP contribution in [0.2, 0.25) is 0 Å². The van der Waals surface area contributed by atoms with Crippen LogP contribution in [0.25, 0.3) is 11.3 Å². The van der Waals surface area contributed by atoms with Crippen LogP contribution >= 0.6 is 11.3 Å². The second kappa shape index (κ2) is 6.84. The normalized spacial score (nSPS) is 12.0. The van der Waals surface area contributed by atoms with Crippen molar-refractivity contribution in [3.05, 3.63) is 52.5 Å². The van der Waals surface area contributed by atoms with Gasteiger partial charge in [-0.25, -0.2) is 9.78 Å². The van der Waals surface area contributed by atoms with Crippen LogP contribution < -0.4 is 10.6 Å². The number of anilines is 1. The number of hydrogen-bond donors (Lipinski definition) is 2. The summed E-state index contributed by atoms with van der Waals surface area (Å²) in [5.74, 6) is 0.654. The molecule has 2 N–H and O–H groups in total. The minimum atomic E-state index is -0.276. The van der Waals surface area contributed by atoms with Crippen molar-refractivity contribution < 1.29 is 4.79 Å². The molecule has 0 unspecified atom stereocenters. The maximum absolute atomic E-state index is 12.1. The van der Waals surface area contributed by atoms with Crippen molar-refractivity contribution in [1.82, 2.24) is 20.1 Å². The van der Waals surface area contributed by atoms with E-state index in [1.165, 1.54) is 11.3 Å². The number of aryl methyl sites for hydroxylation is 2. The van der Waals surface area contributed by atoms with E-state index in [1.807, 2.05) is 55.6 Å². The fraction of sp³-hybridized carbons (Fsp3) is 0.235. The number of aromatic nitrogens is 3. The fourth-order valence-electron chi connectivity index (χ4n) is 2.37. The average molecular weight is 341 g/mol. The highest BCUT2D eigenvalue weighted by atomic mass is 32.1. The number of amides is 2. The van der Waals surface area contributed by atoms with Gasteiger partial charge in [-0.15, -0.1) is 11.3 Å². The van der Waals surface area contributed by atoms with Gasteiger partial charge in [-0.05, 0) is 13.8 Å². The molecule has 3 aromatic rings. The van der Waals surface area contributed by atoms with Gasteiger partial charge in [0.15, 0.2) is 0 Å². The molecule has 124 valence electrons. The summed E-state index contributed by atoms with van der Waals surface area (Å²) in [5, 5.41) is 12.8. The number of carbonyl (C=O) groups excluding carboxylic acids is 1. The number of thiazole rings is 1. The maximum atomic E-state index is 12.1. The highest BCUT2D eigenvalue weighted by molar-refractivity contribution is 7.10. The molecular weight excluding hydrogens is 322 g/mol. The fourth-order valence-corrected chi connectivity index (χ4v) is 3.20. The lowest BCUT2D eigenvalue weighted by Crippen LogP contribution is -2.31. The van der Waals surface area contributed by atoms with Crippen LogP contribution in [0.4, 0.5) is 10.6 Å². The van der Waals surface area contributed by atoms with Crippen LogP contribution in [-0.2, 0) is 7.05 Å². The lowest BCUT2D eigenvalue weighted by molar-refractivity contribution is 0.249. The van der Waals surface area contributed by atoms with Gasteiger partial charge in [-0.1, -0.05) is 30.3 Å². The Balaban J connectivity index is 1.64. The van der Waals surface area contributed by atoms with Crippen molar-refractivity contribution >= 4 is 23.2 Å². The van der Waals surface area contributed by atoms with Crippen molar-refractivity contribution in [3.8, 4) is 11.3 Å². The van der Waals surface area contributed by atoms with Crippen LogP contribution in [0, 0.1) is 6.92 Å². The third-order valence-corrected chi connectivity index (χ3v) is 4.58. The van der Waals surface area contributed by atoms with Crippen LogP contribution in [0.1, 0.15) is 23.7 Å². The molecule has 1 aromatic carbocycles. The third-order valence-electron chi connectivity index (χ3n) is 3.55.